The Morgan fingerprint density at radius 3 is 2.78 bits per heavy atom. The quantitative estimate of drug-likeness (QED) is 0.812. The van der Waals surface area contributed by atoms with Gasteiger partial charge in [0.1, 0.15) is 11.6 Å². The van der Waals surface area contributed by atoms with Crippen LogP contribution in [0.3, 0.4) is 0 Å². The van der Waals surface area contributed by atoms with Gasteiger partial charge in [-0.05, 0) is 33.1 Å². The number of nitrogens with zero attached hydrogens (tertiary/aromatic N) is 2. The molecule has 100 valence electrons. The number of hydrogen-bond acceptors (Lipinski definition) is 4. The maximum absolute atomic E-state index is 12.0. The lowest BCUT2D eigenvalue weighted by Gasteiger charge is -2.25. The molecule has 1 aliphatic rings. The maximum atomic E-state index is 12.0. The van der Waals surface area contributed by atoms with Crippen LogP contribution in [0.5, 0.6) is 0 Å². The molecule has 0 aromatic carbocycles. The fraction of sp³-hybridized carbons (Fsp3) is 0.750. The largest absolute Gasteiger partial charge is 0.444 e. The van der Waals surface area contributed by atoms with E-state index < -0.39 is 11.7 Å². The van der Waals surface area contributed by atoms with E-state index in [1.165, 1.54) is 0 Å². The van der Waals surface area contributed by atoms with E-state index in [0.29, 0.717) is 13.0 Å². The lowest BCUT2D eigenvalue weighted by Crippen LogP contribution is -2.37. The van der Waals surface area contributed by atoms with Gasteiger partial charge < -0.3 is 15.4 Å². The predicted octanol–water partition coefficient (Wildman–Crippen LogP) is 1.16. The van der Waals surface area contributed by atoms with Crippen molar-refractivity contribution >= 4 is 12.0 Å². The summed E-state index contributed by atoms with van der Waals surface area (Å²) in [7, 11) is 0. The van der Waals surface area contributed by atoms with E-state index in [9.17, 15) is 9.59 Å². The zero-order valence-electron chi connectivity index (χ0n) is 10.8. The topological polar surface area (TPSA) is 96.4 Å². The van der Waals surface area contributed by atoms with Crippen LogP contribution in [-0.4, -0.2) is 35.1 Å². The van der Waals surface area contributed by atoms with E-state index in [4.69, 9.17) is 15.7 Å². The second-order valence-corrected chi connectivity index (χ2v) is 5.06. The summed E-state index contributed by atoms with van der Waals surface area (Å²) >= 11 is 0. The monoisotopic (exact) mass is 253 g/mol. The Bertz CT molecular complexity index is 373. The standard InChI is InChI=1S/C12H19N3O3/c1-12(2,18-11(14)17)6-5-10(16)15-7-3-4-9(15)8-13/h9H,3-7H2,1-2H3,(H2,14,17). The zero-order chi connectivity index (χ0) is 13.8. The van der Waals surface area contributed by atoms with Gasteiger partial charge in [-0.2, -0.15) is 5.26 Å². The Hall–Kier alpha value is -1.77. The van der Waals surface area contributed by atoms with Crippen LogP contribution in [0.4, 0.5) is 4.79 Å². The molecule has 0 radical (unpaired) electrons. The molecule has 6 nitrogen and oxygen atoms in total. The first-order chi connectivity index (χ1) is 8.35. The van der Waals surface area contributed by atoms with Gasteiger partial charge in [0.25, 0.3) is 0 Å². The van der Waals surface area contributed by atoms with Gasteiger partial charge in [-0.3, -0.25) is 4.79 Å². The summed E-state index contributed by atoms with van der Waals surface area (Å²) in [5, 5.41) is 8.90. The second-order valence-electron chi connectivity index (χ2n) is 5.06. The minimum absolute atomic E-state index is 0.0693. The molecule has 1 aliphatic heterocycles. The number of ether oxygens (including phenoxy) is 1. The molecule has 1 rings (SSSR count). The number of likely N-dealkylation sites (tertiary alicyclic amines) is 1. The molecule has 1 saturated heterocycles. The summed E-state index contributed by atoms with van der Waals surface area (Å²) in [5.41, 5.74) is 4.19. The molecular weight excluding hydrogens is 234 g/mol. The molecule has 0 bridgehead atoms. The van der Waals surface area contributed by atoms with Crippen molar-refractivity contribution in [2.45, 2.75) is 51.2 Å². The molecule has 2 N–H and O–H groups in total. The first kappa shape index (κ1) is 14.3. The molecule has 18 heavy (non-hydrogen) atoms. The van der Waals surface area contributed by atoms with Crippen molar-refractivity contribution in [3.63, 3.8) is 0 Å². The first-order valence-corrected chi connectivity index (χ1v) is 6.03. The Morgan fingerprint density at radius 1 is 1.56 bits per heavy atom. The summed E-state index contributed by atoms with van der Waals surface area (Å²) in [6.45, 7) is 4.04. The van der Waals surface area contributed by atoms with Gasteiger partial charge >= 0.3 is 6.09 Å². The minimum atomic E-state index is -0.844. The van der Waals surface area contributed by atoms with Gasteiger partial charge in [-0.15, -0.1) is 0 Å². The smallest absolute Gasteiger partial charge is 0.405 e. The Morgan fingerprint density at radius 2 is 2.22 bits per heavy atom. The number of hydrogen-bond donors (Lipinski definition) is 1. The van der Waals surface area contributed by atoms with Crippen molar-refractivity contribution in [2.24, 2.45) is 5.73 Å². The molecular formula is C12H19N3O3. The van der Waals surface area contributed by atoms with E-state index in [2.05, 4.69) is 6.07 Å². The SMILES string of the molecule is CC(C)(CCC(=O)N1CCCC1C#N)OC(N)=O. The van der Waals surface area contributed by atoms with Gasteiger partial charge in [0.15, 0.2) is 0 Å². The molecule has 0 spiro atoms. The highest BCUT2D eigenvalue weighted by molar-refractivity contribution is 5.77. The lowest BCUT2D eigenvalue weighted by molar-refractivity contribution is -0.132. The van der Waals surface area contributed by atoms with Crippen LogP contribution in [-0.2, 0) is 9.53 Å². The van der Waals surface area contributed by atoms with Crippen molar-refractivity contribution < 1.29 is 14.3 Å². The second kappa shape index (κ2) is 5.71. The van der Waals surface area contributed by atoms with Crippen LogP contribution >= 0.6 is 0 Å². The van der Waals surface area contributed by atoms with Crippen LogP contribution in [0.25, 0.3) is 0 Å². The Kier molecular flexibility index (Phi) is 4.54. The van der Waals surface area contributed by atoms with E-state index in [1.54, 1.807) is 18.7 Å². The van der Waals surface area contributed by atoms with Crippen LogP contribution in [0, 0.1) is 11.3 Å². The highest BCUT2D eigenvalue weighted by Gasteiger charge is 2.30. The summed E-state index contributed by atoms with van der Waals surface area (Å²) in [5.74, 6) is -0.0693. The molecule has 0 aliphatic carbocycles. The average Bonchev–Trinajstić information content (AvgIpc) is 2.72. The normalized spacial score (nSPS) is 19.4. The Balaban J connectivity index is 2.46. The fourth-order valence-electron chi connectivity index (χ4n) is 2.07. The number of amides is 2. The number of nitrogens with two attached hydrogens (primary N) is 1. The molecule has 0 aromatic heterocycles. The lowest BCUT2D eigenvalue weighted by atomic mass is 10.0. The minimum Gasteiger partial charge on any atom is -0.444 e. The maximum Gasteiger partial charge on any atom is 0.405 e. The van der Waals surface area contributed by atoms with Gasteiger partial charge in [-0.25, -0.2) is 4.79 Å². The summed E-state index contributed by atoms with van der Waals surface area (Å²) in [6.07, 6.45) is 1.40. The number of carbonyl (C=O) groups excluding carboxylic acids is 2. The van der Waals surface area contributed by atoms with Crippen molar-refractivity contribution in [2.75, 3.05) is 6.54 Å². The molecule has 0 aromatic rings. The third-order valence-corrected chi connectivity index (χ3v) is 3.04. The van der Waals surface area contributed by atoms with Gasteiger partial charge in [0.05, 0.1) is 6.07 Å². The van der Waals surface area contributed by atoms with E-state index >= 15 is 0 Å². The average molecular weight is 253 g/mol. The number of rotatable bonds is 4. The molecule has 1 heterocycles. The van der Waals surface area contributed by atoms with Crippen molar-refractivity contribution in [1.82, 2.24) is 4.90 Å². The molecule has 6 heteroatoms. The van der Waals surface area contributed by atoms with E-state index in [1.807, 2.05) is 0 Å². The molecule has 1 atom stereocenters. The van der Waals surface area contributed by atoms with Crippen LogP contribution in [0.2, 0.25) is 0 Å². The van der Waals surface area contributed by atoms with Crippen molar-refractivity contribution in [1.29, 1.82) is 5.26 Å². The van der Waals surface area contributed by atoms with Crippen LogP contribution in [0.15, 0.2) is 0 Å². The van der Waals surface area contributed by atoms with Gasteiger partial charge in [-0.1, -0.05) is 0 Å². The van der Waals surface area contributed by atoms with Crippen molar-refractivity contribution in [3.8, 4) is 6.07 Å². The molecule has 1 fully saturated rings. The zero-order valence-corrected chi connectivity index (χ0v) is 10.8. The third kappa shape index (κ3) is 3.91. The highest BCUT2D eigenvalue weighted by Crippen LogP contribution is 2.21. The number of nitriles is 1. The first-order valence-electron chi connectivity index (χ1n) is 6.03. The van der Waals surface area contributed by atoms with E-state index in [0.717, 1.165) is 12.8 Å². The van der Waals surface area contributed by atoms with Crippen molar-refractivity contribution in [3.05, 3.63) is 0 Å². The van der Waals surface area contributed by atoms with Gasteiger partial charge in [0.2, 0.25) is 5.91 Å². The third-order valence-electron chi connectivity index (χ3n) is 3.04. The summed E-state index contributed by atoms with van der Waals surface area (Å²) in [6, 6.07) is 1.82. The molecule has 1 unspecified atom stereocenters. The summed E-state index contributed by atoms with van der Waals surface area (Å²) in [4.78, 5) is 24.2. The van der Waals surface area contributed by atoms with E-state index in [-0.39, 0.29) is 18.4 Å². The fourth-order valence-corrected chi connectivity index (χ4v) is 2.07. The summed E-state index contributed by atoms with van der Waals surface area (Å²) < 4.78 is 4.91. The van der Waals surface area contributed by atoms with Crippen LogP contribution < -0.4 is 5.73 Å². The number of carbonyl (C=O) groups is 2. The highest BCUT2D eigenvalue weighted by atomic mass is 16.6. The Labute approximate surface area is 107 Å². The van der Waals surface area contributed by atoms with Gasteiger partial charge in [0, 0.05) is 13.0 Å². The predicted molar refractivity (Wildman–Crippen MR) is 64.3 cm³/mol. The van der Waals surface area contributed by atoms with Crippen LogP contribution in [0.1, 0.15) is 39.5 Å². The molecule has 2 amide bonds. The molecule has 0 saturated carbocycles. The number of primary amides is 1.